The Balaban J connectivity index is 2.90. The molecule has 1 aromatic rings. The lowest BCUT2D eigenvalue weighted by Crippen LogP contribution is -2.34. The van der Waals surface area contributed by atoms with Crippen molar-refractivity contribution in [3.8, 4) is 0 Å². The number of benzene rings is 1. The molecule has 0 radical (unpaired) electrons. The Labute approximate surface area is 128 Å². The van der Waals surface area contributed by atoms with Crippen molar-refractivity contribution in [3.05, 3.63) is 34.3 Å². The molecule has 0 bridgehead atoms. The van der Waals surface area contributed by atoms with Crippen LogP contribution in [0.2, 0.25) is 5.02 Å². The van der Waals surface area contributed by atoms with E-state index < -0.39 is 11.3 Å². The third-order valence-corrected chi connectivity index (χ3v) is 2.96. The zero-order valence-corrected chi connectivity index (χ0v) is 13.0. The van der Waals surface area contributed by atoms with Gasteiger partial charge >= 0.3 is 0 Å². The smallest absolute Gasteiger partial charge is 0.281 e. The highest BCUT2D eigenvalue weighted by Crippen LogP contribution is 2.19. The molecule has 1 rings (SSSR count). The van der Waals surface area contributed by atoms with Crippen molar-refractivity contribution < 1.29 is 9.59 Å². The first-order valence-corrected chi connectivity index (χ1v) is 6.69. The summed E-state index contributed by atoms with van der Waals surface area (Å²) in [5.41, 5.74) is 10.8. The molecule has 0 aliphatic rings. The van der Waals surface area contributed by atoms with Gasteiger partial charge in [0, 0.05) is 12.0 Å². The Morgan fingerprint density at radius 3 is 2.43 bits per heavy atom. The van der Waals surface area contributed by atoms with Crippen LogP contribution in [-0.4, -0.2) is 17.8 Å². The number of carbonyl (C=O) groups excluding carboxylic acids is 2. The summed E-state index contributed by atoms with van der Waals surface area (Å²) in [4.78, 5) is 27.1. The summed E-state index contributed by atoms with van der Waals surface area (Å²) in [7, 11) is 0. The Hall–Kier alpha value is -2.08. The lowest BCUT2D eigenvalue weighted by molar-refractivity contribution is -0.128. The van der Waals surface area contributed by atoms with Gasteiger partial charge in [-0.2, -0.15) is 4.99 Å². The van der Waals surface area contributed by atoms with Crippen molar-refractivity contribution in [3.63, 3.8) is 0 Å². The highest BCUT2D eigenvalue weighted by atomic mass is 35.5. The molecule has 0 aliphatic heterocycles. The van der Waals surface area contributed by atoms with Crippen LogP contribution in [0.25, 0.3) is 0 Å². The van der Waals surface area contributed by atoms with E-state index in [2.05, 4.69) is 10.3 Å². The Bertz CT molecular complexity index is 587. The van der Waals surface area contributed by atoms with Crippen molar-refractivity contribution in [1.82, 2.24) is 5.32 Å². The maximum absolute atomic E-state index is 11.8. The van der Waals surface area contributed by atoms with Crippen molar-refractivity contribution >= 4 is 29.4 Å². The number of hydrogen-bond donors (Lipinski definition) is 3. The van der Waals surface area contributed by atoms with E-state index in [1.54, 1.807) is 18.2 Å². The van der Waals surface area contributed by atoms with E-state index in [4.69, 9.17) is 23.1 Å². The number of amides is 2. The van der Waals surface area contributed by atoms with Crippen LogP contribution >= 0.6 is 11.6 Å². The molecular weight excluding hydrogens is 292 g/mol. The molecule has 7 heteroatoms. The van der Waals surface area contributed by atoms with Crippen LogP contribution < -0.4 is 16.8 Å². The summed E-state index contributed by atoms with van der Waals surface area (Å²) in [5, 5.41) is 3.03. The Morgan fingerprint density at radius 2 is 1.90 bits per heavy atom. The van der Waals surface area contributed by atoms with Gasteiger partial charge in [-0.15, -0.1) is 0 Å². The first kappa shape index (κ1) is 17.0. The molecule has 0 heterocycles. The summed E-state index contributed by atoms with van der Waals surface area (Å²) in [6.07, 6.45) is 0. The van der Waals surface area contributed by atoms with Crippen molar-refractivity contribution in [1.29, 1.82) is 0 Å². The van der Waals surface area contributed by atoms with Gasteiger partial charge < -0.3 is 16.8 Å². The van der Waals surface area contributed by atoms with E-state index in [1.807, 2.05) is 20.8 Å². The topological polar surface area (TPSA) is 111 Å². The SMILES string of the molecule is CC(C)(C)C(=O)NCc1ccc(Cl)c(C(=O)N=C(N)N)c1. The van der Waals surface area contributed by atoms with Crippen LogP contribution in [0.15, 0.2) is 23.2 Å². The summed E-state index contributed by atoms with van der Waals surface area (Å²) >= 11 is 5.95. The minimum Gasteiger partial charge on any atom is -0.370 e. The largest absolute Gasteiger partial charge is 0.370 e. The second kappa shape index (κ2) is 6.58. The molecule has 21 heavy (non-hydrogen) atoms. The van der Waals surface area contributed by atoms with E-state index in [1.165, 1.54) is 0 Å². The highest BCUT2D eigenvalue weighted by Gasteiger charge is 2.20. The second-order valence-corrected chi connectivity index (χ2v) is 6.00. The first-order valence-electron chi connectivity index (χ1n) is 6.32. The van der Waals surface area contributed by atoms with Crippen LogP contribution in [0.1, 0.15) is 36.7 Å². The first-order chi connectivity index (χ1) is 9.61. The monoisotopic (exact) mass is 310 g/mol. The van der Waals surface area contributed by atoms with Gasteiger partial charge in [0.15, 0.2) is 5.96 Å². The number of nitrogens with one attached hydrogen (secondary N) is 1. The molecule has 114 valence electrons. The van der Waals surface area contributed by atoms with Crippen LogP contribution in [-0.2, 0) is 11.3 Å². The fourth-order valence-electron chi connectivity index (χ4n) is 1.47. The van der Waals surface area contributed by atoms with Crippen LogP contribution in [0.5, 0.6) is 0 Å². The molecule has 6 nitrogen and oxygen atoms in total. The molecule has 0 fully saturated rings. The van der Waals surface area contributed by atoms with Crippen LogP contribution in [0, 0.1) is 5.41 Å². The predicted octanol–water partition coefficient (Wildman–Crippen LogP) is 1.42. The summed E-state index contributed by atoms with van der Waals surface area (Å²) in [6.45, 7) is 5.74. The maximum Gasteiger partial charge on any atom is 0.281 e. The maximum atomic E-state index is 11.8. The number of aliphatic imine (C=N–C) groups is 1. The van der Waals surface area contributed by atoms with E-state index in [0.29, 0.717) is 0 Å². The standard InChI is InChI=1S/C14H19ClN4O2/c1-14(2,3)12(21)18-7-8-4-5-10(15)9(6-8)11(20)19-13(16)17/h4-6H,7H2,1-3H3,(H,18,21)(H4,16,17,19,20). The average molecular weight is 311 g/mol. The van der Waals surface area contributed by atoms with Crippen molar-refractivity contribution in [2.75, 3.05) is 0 Å². The molecule has 1 aromatic carbocycles. The van der Waals surface area contributed by atoms with Gasteiger partial charge in [-0.3, -0.25) is 9.59 Å². The number of rotatable bonds is 3. The number of halogens is 1. The Kier molecular flexibility index (Phi) is 5.32. The number of nitrogens with two attached hydrogens (primary N) is 2. The number of guanidine groups is 1. The minimum atomic E-state index is -0.621. The van der Waals surface area contributed by atoms with Crippen molar-refractivity contribution in [2.45, 2.75) is 27.3 Å². The third kappa shape index (κ3) is 5.07. The molecule has 0 aromatic heterocycles. The molecular formula is C14H19ClN4O2. The van der Waals surface area contributed by atoms with Gasteiger partial charge in [0.05, 0.1) is 10.6 Å². The van der Waals surface area contributed by atoms with Crippen molar-refractivity contribution in [2.24, 2.45) is 21.9 Å². The number of nitrogens with zero attached hydrogens (tertiary/aromatic N) is 1. The van der Waals surface area contributed by atoms with E-state index in [0.717, 1.165) is 5.56 Å². The van der Waals surface area contributed by atoms with Crippen LogP contribution in [0.3, 0.4) is 0 Å². The predicted molar refractivity (Wildman–Crippen MR) is 82.9 cm³/mol. The zero-order chi connectivity index (χ0) is 16.2. The highest BCUT2D eigenvalue weighted by molar-refractivity contribution is 6.34. The lowest BCUT2D eigenvalue weighted by atomic mass is 9.95. The normalized spacial score (nSPS) is 10.9. The van der Waals surface area contributed by atoms with Gasteiger partial charge in [0.25, 0.3) is 5.91 Å². The summed E-state index contributed by atoms with van der Waals surface area (Å²) < 4.78 is 0. The molecule has 5 N–H and O–H groups in total. The minimum absolute atomic E-state index is 0.0884. The fourth-order valence-corrected chi connectivity index (χ4v) is 1.67. The third-order valence-electron chi connectivity index (χ3n) is 2.63. The van der Waals surface area contributed by atoms with Gasteiger partial charge in [-0.1, -0.05) is 38.4 Å². The summed E-state index contributed by atoms with van der Waals surface area (Å²) in [6, 6.07) is 4.84. The summed E-state index contributed by atoms with van der Waals surface area (Å²) in [5.74, 6) is -1.04. The van der Waals surface area contributed by atoms with Gasteiger partial charge in [0.2, 0.25) is 5.91 Å². The molecule has 0 saturated heterocycles. The number of hydrogen-bond acceptors (Lipinski definition) is 2. The van der Waals surface area contributed by atoms with Gasteiger partial charge in [-0.05, 0) is 17.7 Å². The molecule has 0 atom stereocenters. The van der Waals surface area contributed by atoms with E-state index in [9.17, 15) is 9.59 Å². The van der Waals surface area contributed by atoms with E-state index >= 15 is 0 Å². The number of carbonyl (C=O) groups is 2. The van der Waals surface area contributed by atoms with Gasteiger partial charge in [0.1, 0.15) is 0 Å². The molecule has 2 amide bonds. The zero-order valence-electron chi connectivity index (χ0n) is 12.2. The van der Waals surface area contributed by atoms with Crippen LogP contribution in [0.4, 0.5) is 0 Å². The molecule has 0 saturated carbocycles. The van der Waals surface area contributed by atoms with E-state index in [-0.39, 0.29) is 29.0 Å². The lowest BCUT2D eigenvalue weighted by Gasteiger charge is -2.17. The second-order valence-electron chi connectivity index (χ2n) is 5.59. The Morgan fingerprint density at radius 1 is 1.29 bits per heavy atom. The quantitative estimate of drug-likeness (QED) is 0.579. The molecule has 0 aliphatic carbocycles. The van der Waals surface area contributed by atoms with Gasteiger partial charge in [-0.25, -0.2) is 0 Å². The molecule has 0 spiro atoms. The molecule has 0 unspecified atom stereocenters. The fraction of sp³-hybridized carbons (Fsp3) is 0.357. The average Bonchev–Trinajstić information content (AvgIpc) is 2.35.